The molecule has 0 saturated carbocycles. The molecule has 0 aliphatic heterocycles. The Morgan fingerprint density at radius 2 is 1.63 bits per heavy atom. The van der Waals surface area contributed by atoms with Gasteiger partial charge in [-0.1, -0.05) is 60.1 Å². The van der Waals surface area contributed by atoms with Crippen LogP contribution in [0.3, 0.4) is 0 Å². The van der Waals surface area contributed by atoms with Gasteiger partial charge in [0, 0.05) is 11.1 Å². The second-order valence-electron chi connectivity index (χ2n) is 6.10. The Morgan fingerprint density at radius 1 is 0.926 bits per heavy atom. The van der Waals surface area contributed by atoms with E-state index in [0.717, 1.165) is 21.7 Å². The Balaban J connectivity index is 1.66. The van der Waals surface area contributed by atoms with E-state index in [2.05, 4.69) is 28.7 Å². The number of phenolic OH excluding ortho intramolecular Hbond substituents is 1. The van der Waals surface area contributed by atoms with Gasteiger partial charge in [0.15, 0.2) is 0 Å². The SMILES string of the molecule is O=C(N/N=C/c1cc2ccccc2c2ccccc12)c1ccc(O)c(Cl)c1. The van der Waals surface area contributed by atoms with Gasteiger partial charge in [-0.3, -0.25) is 4.79 Å². The van der Waals surface area contributed by atoms with Gasteiger partial charge in [0.05, 0.1) is 11.2 Å². The van der Waals surface area contributed by atoms with Gasteiger partial charge in [-0.25, -0.2) is 5.43 Å². The van der Waals surface area contributed by atoms with E-state index in [1.165, 1.54) is 23.6 Å². The molecule has 4 aromatic carbocycles. The molecule has 0 aromatic heterocycles. The minimum absolute atomic E-state index is 0.0700. The van der Waals surface area contributed by atoms with Crippen molar-refractivity contribution in [3.05, 3.63) is 88.9 Å². The van der Waals surface area contributed by atoms with Gasteiger partial charge in [-0.15, -0.1) is 0 Å². The minimum atomic E-state index is -0.404. The van der Waals surface area contributed by atoms with E-state index < -0.39 is 5.91 Å². The van der Waals surface area contributed by atoms with Crippen LogP contribution in [-0.4, -0.2) is 17.2 Å². The molecule has 4 nitrogen and oxygen atoms in total. The molecular formula is C22H15ClN2O2. The fourth-order valence-electron chi connectivity index (χ4n) is 3.06. The summed E-state index contributed by atoms with van der Waals surface area (Å²) in [5.41, 5.74) is 3.73. The van der Waals surface area contributed by atoms with Crippen LogP contribution in [0.25, 0.3) is 21.5 Å². The molecule has 0 atom stereocenters. The molecule has 0 unspecified atom stereocenters. The van der Waals surface area contributed by atoms with E-state index >= 15 is 0 Å². The molecule has 0 fully saturated rings. The van der Waals surface area contributed by atoms with Gasteiger partial charge < -0.3 is 5.11 Å². The Kier molecular flexibility index (Phi) is 4.48. The molecule has 0 aliphatic carbocycles. The third-order valence-corrected chi connectivity index (χ3v) is 4.68. The predicted molar refractivity (Wildman–Crippen MR) is 110 cm³/mol. The van der Waals surface area contributed by atoms with Crippen molar-refractivity contribution < 1.29 is 9.90 Å². The number of aromatic hydroxyl groups is 1. The fraction of sp³-hybridized carbons (Fsp3) is 0. The number of phenols is 1. The zero-order valence-electron chi connectivity index (χ0n) is 14.2. The van der Waals surface area contributed by atoms with E-state index in [0.29, 0.717) is 5.56 Å². The summed E-state index contributed by atoms with van der Waals surface area (Å²) in [4.78, 5) is 12.2. The number of hydrazone groups is 1. The topological polar surface area (TPSA) is 61.7 Å². The van der Waals surface area contributed by atoms with Gasteiger partial charge in [0.1, 0.15) is 5.75 Å². The summed E-state index contributed by atoms with van der Waals surface area (Å²) in [6, 6.07) is 22.5. The zero-order valence-corrected chi connectivity index (χ0v) is 14.9. The van der Waals surface area contributed by atoms with Gasteiger partial charge >= 0.3 is 0 Å². The first kappa shape index (κ1) is 17.1. The zero-order chi connectivity index (χ0) is 18.8. The summed E-state index contributed by atoms with van der Waals surface area (Å²) in [7, 11) is 0. The number of hydrogen-bond donors (Lipinski definition) is 2. The number of amides is 1. The maximum Gasteiger partial charge on any atom is 0.271 e. The molecule has 0 heterocycles. The van der Waals surface area contributed by atoms with Crippen molar-refractivity contribution in [1.82, 2.24) is 5.43 Å². The van der Waals surface area contributed by atoms with E-state index in [9.17, 15) is 9.90 Å². The smallest absolute Gasteiger partial charge is 0.271 e. The van der Waals surface area contributed by atoms with Crippen molar-refractivity contribution in [2.45, 2.75) is 0 Å². The maximum atomic E-state index is 12.2. The Morgan fingerprint density at radius 3 is 2.41 bits per heavy atom. The molecule has 0 radical (unpaired) electrons. The Hall–Kier alpha value is -3.37. The first-order chi connectivity index (χ1) is 13.1. The van der Waals surface area contributed by atoms with Gasteiger partial charge in [-0.05, 0) is 45.8 Å². The van der Waals surface area contributed by atoms with Crippen LogP contribution in [-0.2, 0) is 0 Å². The summed E-state index contributed by atoms with van der Waals surface area (Å²) >= 11 is 5.84. The van der Waals surface area contributed by atoms with Crippen molar-refractivity contribution in [2.75, 3.05) is 0 Å². The van der Waals surface area contributed by atoms with Crippen LogP contribution in [0.2, 0.25) is 5.02 Å². The monoisotopic (exact) mass is 374 g/mol. The average Bonchev–Trinajstić information content (AvgIpc) is 2.70. The molecule has 0 saturated heterocycles. The molecule has 4 rings (SSSR count). The molecule has 5 heteroatoms. The van der Waals surface area contributed by atoms with Crippen LogP contribution in [0.4, 0.5) is 0 Å². The van der Waals surface area contributed by atoms with Crippen molar-refractivity contribution >= 4 is 45.3 Å². The summed E-state index contributed by atoms with van der Waals surface area (Å²) in [6.45, 7) is 0. The lowest BCUT2D eigenvalue weighted by Crippen LogP contribution is -2.17. The molecule has 0 bridgehead atoms. The van der Waals surface area contributed by atoms with Crippen LogP contribution in [0.5, 0.6) is 5.75 Å². The average molecular weight is 375 g/mol. The third-order valence-electron chi connectivity index (χ3n) is 4.38. The van der Waals surface area contributed by atoms with Gasteiger partial charge in [0.25, 0.3) is 5.91 Å². The Labute approximate surface area is 160 Å². The lowest BCUT2D eigenvalue weighted by molar-refractivity contribution is 0.0955. The van der Waals surface area contributed by atoms with Crippen LogP contribution in [0, 0.1) is 0 Å². The normalized spacial score (nSPS) is 11.3. The maximum absolute atomic E-state index is 12.2. The van der Waals surface area contributed by atoms with Crippen LogP contribution in [0.15, 0.2) is 77.9 Å². The predicted octanol–water partition coefficient (Wildman–Crippen LogP) is 5.12. The van der Waals surface area contributed by atoms with Gasteiger partial charge in [0.2, 0.25) is 0 Å². The second-order valence-corrected chi connectivity index (χ2v) is 6.51. The highest BCUT2D eigenvalue weighted by molar-refractivity contribution is 6.32. The minimum Gasteiger partial charge on any atom is -0.506 e. The number of nitrogens with one attached hydrogen (secondary N) is 1. The van der Waals surface area contributed by atoms with Crippen molar-refractivity contribution in [3.8, 4) is 5.75 Å². The number of halogens is 1. The number of hydrogen-bond acceptors (Lipinski definition) is 3. The van der Waals surface area contributed by atoms with E-state index in [4.69, 9.17) is 11.6 Å². The first-order valence-electron chi connectivity index (χ1n) is 8.36. The van der Waals surface area contributed by atoms with E-state index in [1.54, 1.807) is 6.21 Å². The highest BCUT2D eigenvalue weighted by atomic mass is 35.5. The summed E-state index contributed by atoms with van der Waals surface area (Å²) in [6.07, 6.45) is 1.63. The van der Waals surface area contributed by atoms with Crippen molar-refractivity contribution in [2.24, 2.45) is 5.10 Å². The lowest BCUT2D eigenvalue weighted by Gasteiger charge is -2.07. The summed E-state index contributed by atoms with van der Waals surface area (Å²) in [5.74, 6) is -0.474. The molecular weight excluding hydrogens is 360 g/mol. The molecule has 4 aromatic rings. The number of carbonyl (C=O) groups excluding carboxylic acids is 1. The quantitative estimate of drug-likeness (QED) is 0.297. The highest BCUT2D eigenvalue weighted by Crippen LogP contribution is 2.28. The molecule has 0 aliphatic rings. The van der Waals surface area contributed by atoms with Crippen molar-refractivity contribution in [3.63, 3.8) is 0 Å². The number of fused-ring (bicyclic) bond motifs is 3. The lowest BCUT2D eigenvalue weighted by atomic mass is 9.98. The van der Waals surface area contributed by atoms with E-state index in [1.807, 2.05) is 36.4 Å². The number of benzene rings is 4. The number of nitrogens with zero attached hydrogens (tertiary/aromatic N) is 1. The molecule has 27 heavy (non-hydrogen) atoms. The van der Waals surface area contributed by atoms with Crippen LogP contribution >= 0.6 is 11.6 Å². The van der Waals surface area contributed by atoms with Crippen LogP contribution < -0.4 is 5.43 Å². The van der Waals surface area contributed by atoms with Gasteiger partial charge in [-0.2, -0.15) is 5.10 Å². The summed E-state index contributed by atoms with van der Waals surface area (Å²) < 4.78 is 0. The highest BCUT2D eigenvalue weighted by Gasteiger charge is 2.08. The van der Waals surface area contributed by atoms with Crippen LogP contribution in [0.1, 0.15) is 15.9 Å². The standard InChI is InChI=1S/C22H15ClN2O2/c23-20-12-15(9-10-21(20)26)22(27)25-24-13-16-11-14-5-1-2-6-17(14)19-8-4-3-7-18(16)19/h1-13,26H,(H,25,27)/b24-13+. The molecule has 2 N–H and O–H groups in total. The second kappa shape index (κ2) is 7.09. The summed E-state index contributed by atoms with van der Waals surface area (Å²) in [5, 5.41) is 18.1. The van der Waals surface area contributed by atoms with Crippen molar-refractivity contribution in [1.29, 1.82) is 0 Å². The number of rotatable bonds is 3. The first-order valence-corrected chi connectivity index (χ1v) is 8.74. The largest absolute Gasteiger partial charge is 0.506 e. The van der Waals surface area contributed by atoms with E-state index in [-0.39, 0.29) is 10.8 Å². The molecule has 0 spiro atoms. The Bertz CT molecular complexity index is 1200. The molecule has 132 valence electrons. The molecule has 1 amide bonds. The third kappa shape index (κ3) is 3.35. The fourth-order valence-corrected chi connectivity index (χ4v) is 3.24. The number of carbonyl (C=O) groups is 1.